The molecule has 0 radical (unpaired) electrons. The maximum atomic E-state index is 13.1. The molecule has 6 heteroatoms. The third-order valence-corrected chi connectivity index (χ3v) is 3.26. The average molecular weight is 269 g/mol. The molecule has 1 aromatic rings. The number of nitrogens with zero attached hydrogens (tertiary/aromatic N) is 1. The number of carbonyl (C=O) groups is 1. The van der Waals surface area contributed by atoms with Crippen LogP contribution in [0.25, 0.3) is 0 Å². The lowest BCUT2D eigenvalue weighted by atomic mass is 9.94. The van der Waals surface area contributed by atoms with E-state index < -0.39 is 23.9 Å². The van der Waals surface area contributed by atoms with Crippen LogP contribution >= 0.6 is 0 Å². The molecule has 2 heterocycles. The summed E-state index contributed by atoms with van der Waals surface area (Å²) in [5.74, 6) is -2.23. The highest BCUT2D eigenvalue weighted by Crippen LogP contribution is 2.39. The van der Waals surface area contributed by atoms with Crippen molar-refractivity contribution in [3.05, 3.63) is 29.8 Å². The van der Waals surface area contributed by atoms with Crippen LogP contribution < -0.4 is 0 Å². The first-order valence-electron chi connectivity index (χ1n) is 6.10. The number of pyridine rings is 1. The summed E-state index contributed by atoms with van der Waals surface area (Å²) in [6.07, 6.45) is 1.55. The predicted octanol–water partition coefficient (Wildman–Crippen LogP) is 1.79. The average Bonchev–Trinajstić information content (AvgIpc) is 2.80. The van der Waals surface area contributed by atoms with Crippen molar-refractivity contribution in [2.24, 2.45) is 5.92 Å². The van der Waals surface area contributed by atoms with Crippen LogP contribution in [0.4, 0.5) is 4.39 Å². The molecule has 1 fully saturated rings. The zero-order valence-corrected chi connectivity index (χ0v) is 10.6. The molecule has 1 aromatic heterocycles. The van der Waals surface area contributed by atoms with E-state index in [2.05, 4.69) is 4.98 Å². The van der Waals surface area contributed by atoms with Gasteiger partial charge in [-0.15, -0.1) is 0 Å². The van der Waals surface area contributed by atoms with Gasteiger partial charge in [-0.05, 0) is 30.5 Å². The summed E-state index contributed by atoms with van der Waals surface area (Å²) < 4.78 is 23.8. The van der Waals surface area contributed by atoms with E-state index in [0.717, 1.165) is 0 Å². The first kappa shape index (κ1) is 13.9. The number of rotatable bonds is 5. The monoisotopic (exact) mass is 269 g/mol. The third kappa shape index (κ3) is 3.27. The van der Waals surface area contributed by atoms with Gasteiger partial charge in [0.05, 0.1) is 18.1 Å². The topological polar surface area (TPSA) is 68.7 Å². The summed E-state index contributed by atoms with van der Waals surface area (Å²) in [6, 6.07) is 2.81. The van der Waals surface area contributed by atoms with E-state index in [4.69, 9.17) is 9.47 Å². The van der Waals surface area contributed by atoms with Crippen molar-refractivity contribution in [3.8, 4) is 0 Å². The van der Waals surface area contributed by atoms with E-state index >= 15 is 0 Å². The molecule has 1 aliphatic heterocycles. The van der Waals surface area contributed by atoms with Crippen molar-refractivity contribution in [3.63, 3.8) is 0 Å². The molecule has 0 unspecified atom stereocenters. The van der Waals surface area contributed by atoms with Crippen molar-refractivity contribution in [2.45, 2.75) is 25.0 Å². The largest absolute Gasteiger partial charge is 0.481 e. The van der Waals surface area contributed by atoms with E-state index in [1.807, 2.05) is 0 Å². The van der Waals surface area contributed by atoms with Gasteiger partial charge in [-0.3, -0.25) is 4.79 Å². The minimum atomic E-state index is -0.929. The molecular weight excluding hydrogens is 253 g/mol. The molecule has 0 aromatic carbocycles. The minimum absolute atomic E-state index is 0.178. The summed E-state index contributed by atoms with van der Waals surface area (Å²) in [5, 5.41) is 9.24. The number of aliphatic carboxylic acids is 1. The smallest absolute Gasteiger partial charge is 0.309 e. The van der Waals surface area contributed by atoms with Gasteiger partial charge in [0.25, 0.3) is 0 Å². The quantitative estimate of drug-likeness (QED) is 0.825. The standard InChI is InChI=1S/C13H16FNO4/c1-18-5-3-9-7-10(13(16)17)12(19-9)8-2-4-15-11(14)6-8/h2,4,6,9-10,12H,3,5,7H2,1H3,(H,16,17)/t9-,10+,12+/m1/s1. The number of hydrogen-bond donors (Lipinski definition) is 1. The second kappa shape index (κ2) is 6.08. The summed E-state index contributed by atoms with van der Waals surface area (Å²) in [7, 11) is 1.58. The molecule has 1 saturated heterocycles. The fourth-order valence-corrected chi connectivity index (χ4v) is 2.34. The lowest BCUT2D eigenvalue weighted by Crippen LogP contribution is -2.17. The minimum Gasteiger partial charge on any atom is -0.481 e. The number of aromatic nitrogens is 1. The van der Waals surface area contributed by atoms with E-state index in [1.165, 1.54) is 12.3 Å². The molecule has 104 valence electrons. The van der Waals surface area contributed by atoms with E-state index in [0.29, 0.717) is 25.0 Å². The van der Waals surface area contributed by atoms with Gasteiger partial charge < -0.3 is 14.6 Å². The van der Waals surface area contributed by atoms with Crippen molar-refractivity contribution >= 4 is 5.97 Å². The van der Waals surface area contributed by atoms with Gasteiger partial charge in [-0.25, -0.2) is 4.98 Å². The van der Waals surface area contributed by atoms with Crippen LogP contribution in [0.15, 0.2) is 18.3 Å². The maximum Gasteiger partial charge on any atom is 0.309 e. The van der Waals surface area contributed by atoms with Crippen LogP contribution in [0.5, 0.6) is 0 Å². The highest BCUT2D eigenvalue weighted by molar-refractivity contribution is 5.71. The van der Waals surface area contributed by atoms with Gasteiger partial charge >= 0.3 is 5.97 Å². The van der Waals surface area contributed by atoms with Crippen LogP contribution in [0, 0.1) is 11.9 Å². The number of methoxy groups -OCH3 is 1. The summed E-state index contributed by atoms with van der Waals surface area (Å²) in [5.41, 5.74) is 0.514. The Morgan fingerprint density at radius 1 is 1.68 bits per heavy atom. The Hall–Kier alpha value is -1.53. The van der Waals surface area contributed by atoms with Crippen molar-refractivity contribution in [1.29, 1.82) is 0 Å². The summed E-state index contributed by atoms with van der Waals surface area (Å²) >= 11 is 0. The molecule has 0 saturated carbocycles. The van der Waals surface area contributed by atoms with Crippen LogP contribution in [0.3, 0.4) is 0 Å². The van der Waals surface area contributed by atoms with Crippen LogP contribution in [0.2, 0.25) is 0 Å². The van der Waals surface area contributed by atoms with E-state index in [-0.39, 0.29) is 6.10 Å². The highest BCUT2D eigenvalue weighted by Gasteiger charge is 2.40. The second-order valence-electron chi connectivity index (χ2n) is 4.55. The molecule has 2 rings (SSSR count). The molecule has 1 aliphatic rings. The van der Waals surface area contributed by atoms with Crippen LogP contribution in [-0.2, 0) is 14.3 Å². The van der Waals surface area contributed by atoms with Crippen LogP contribution in [-0.4, -0.2) is 35.9 Å². The summed E-state index contributed by atoms with van der Waals surface area (Å²) in [6.45, 7) is 0.508. The molecular formula is C13H16FNO4. The van der Waals surface area contributed by atoms with Gasteiger partial charge in [0.1, 0.15) is 0 Å². The maximum absolute atomic E-state index is 13.1. The lowest BCUT2D eigenvalue weighted by molar-refractivity contribution is -0.143. The Bertz CT molecular complexity index is 454. The Balaban J connectivity index is 2.15. The number of hydrogen-bond acceptors (Lipinski definition) is 4. The first-order chi connectivity index (χ1) is 9.11. The van der Waals surface area contributed by atoms with Crippen molar-refractivity contribution in [2.75, 3.05) is 13.7 Å². The number of carboxylic acids is 1. The van der Waals surface area contributed by atoms with Crippen LogP contribution in [0.1, 0.15) is 24.5 Å². The number of carboxylic acid groups (broad SMARTS) is 1. The zero-order valence-electron chi connectivity index (χ0n) is 10.6. The van der Waals surface area contributed by atoms with Gasteiger partial charge in [-0.1, -0.05) is 0 Å². The normalized spacial score (nSPS) is 26.5. The molecule has 19 heavy (non-hydrogen) atoms. The van der Waals surface area contributed by atoms with Gasteiger partial charge in [-0.2, -0.15) is 4.39 Å². The van der Waals surface area contributed by atoms with E-state index in [1.54, 1.807) is 13.2 Å². The first-order valence-corrected chi connectivity index (χ1v) is 6.10. The van der Waals surface area contributed by atoms with Crippen molar-refractivity contribution in [1.82, 2.24) is 4.98 Å². The third-order valence-electron chi connectivity index (χ3n) is 3.26. The SMILES string of the molecule is COCC[C@@H]1C[C@H](C(=O)O)[C@H](c2ccnc(F)c2)O1. The fourth-order valence-electron chi connectivity index (χ4n) is 2.34. The van der Waals surface area contributed by atoms with Gasteiger partial charge in [0, 0.05) is 19.9 Å². The Morgan fingerprint density at radius 3 is 3.11 bits per heavy atom. The Labute approximate surface area is 110 Å². The molecule has 5 nitrogen and oxygen atoms in total. The molecule has 0 amide bonds. The molecule has 1 N–H and O–H groups in total. The lowest BCUT2D eigenvalue weighted by Gasteiger charge is -2.16. The van der Waals surface area contributed by atoms with E-state index in [9.17, 15) is 14.3 Å². The molecule has 0 spiro atoms. The Kier molecular flexibility index (Phi) is 4.44. The molecule has 0 aliphatic carbocycles. The highest BCUT2D eigenvalue weighted by atomic mass is 19.1. The number of ether oxygens (including phenoxy) is 2. The van der Waals surface area contributed by atoms with Crippen molar-refractivity contribution < 1.29 is 23.8 Å². The predicted molar refractivity (Wildman–Crippen MR) is 64.0 cm³/mol. The molecule has 3 atom stereocenters. The van der Waals surface area contributed by atoms with Gasteiger partial charge in [0.15, 0.2) is 0 Å². The number of halogens is 1. The molecule has 0 bridgehead atoms. The fraction of sp³-hybridized carbons (Fsp3) is 0.538. The Morgan fingerprint density at radius 2 is 2.47 bits per heavy atom. The summed E-state index contributed by atoms with van der Waals surface area (Å²) in [4.78, 5) is 14.7. The van der Waals surface area contributed by atoms with Gasteiger partial charge in [0.2, 0.25) is 5.95 Å². The second-order valence-corrected chi connectivity index (χ2v) is 4.55. The zero-order chi connectivity index (χ0) is 13.8.